The zero-order chi connectivity index (χ0) is 14.9. The first-order valence-corrected chi connectivity index (χ1v) is 7.56. The summed E-state index contributed by atoms with van der Waals surface area (Å²) in [4.78, 5) is 0. The van der Waals surface area contributed by atoms with Gasteiger partial charge in [0.25, 0.3) is 0 Å². The van der Waals surface area contributed by atoms with Crippen molar-refractivity contribution in [3.8, 4) is 5.75 Å². The molecule has 0 spiro atoms. The summed E-state index contributed by atoms with van der Waals surface area (Å²) in [5, 5.41) is 11.0. The van der Waals surface area contributed by atoms with Crippen LogP contribution in [0.4, 0.5) is 4.39 Å². The van der Waals surface area contributed by atoms with E-state index in [-0.39, 0.29) is 5.82 Å². The predicted molar refractivity (Wildman–Crippen MR) is 83.9 cm³/mol. The highest BCUT2D eigenvalue weighted by Gasteiger charge is 2.20. The fourth-order valence-corrected chi connectivity index (χ4v) is 3.45. The Bertz CT molecular complexity index is 649. The number of hydrogen-bond donors (Lipinski definition) is 1. The van der Waals surface area contributed by atoms with E-state index in [2.05, 4.69) is 31.9 Å². The molecule has 0 aliphatic heterocycles. The quantitative estimate of drug-likeness (QED) is 0.743. The molecular weight excluding hydrogens is 414 g/mol. The molecular formula is C14H10Br2ClFO2. The Hall–Kier alpha value is -0.620. The predicted octanol–water partition coefficient (Wildman–Crippen LogP) is 5.09. The third-order valence-electron chi connectivity index (χ3n) is 2.79. The minimum Gasteiger partial charge on any atom is -0.495 e. The Morgan fingerprint density at radius 2 is 1.85 bits per heavy atom. The topological polar surface area (TPSA) is 29.5 Å². The largest absolute Gasteiger partial charge is 0.495 e. The van der Waals surface area contributed by atoms with Gasteiger partial charge >= 0.3 is 0 Å². The van der Waals surface area contributed by atoms with Crippen molar-refractivity contribution in [2.45, 2.75) is 6.10 Å². The molecule has 20 heavy (non-hydrogen) atoms. The van der Waals surface area contributed by atoms with Crippen LogP contribution in [0.2, 0.25) is 5.02 Å². The molecule has 106 valence electrons. The Morgan fingerprint density at radius 1 is 1.15 bits per heavy atom. The molecule has 0 saturated carbocycles. The summed E-state index contributed by atoms with van der Waals surface area (Å²) in [7, 11) is 1.50. The molecule has 0 bridgehead atoms. The summed E-state index contributed by atoms with van der Waals surface area (Å²) in [6, 6.07) is 7.39. The molecule has 0 aliphatic rings. The summed E-state index contributed by atoms with van der Waals surface area (Å²) in [6.45, 7) is 0. The number of methoxy groups -OCH3 is 1. The first kappa shape index (κ1) is 15.8. The van der Waals surface area contributed by atoms with E-state index in [1.54, 1.807) is 12.1 Å². The molecule has 0 fully saturated rings. The number of rotatable bonds is 3. The molecule has 2 nitrogen and oxygen atoms in total. The number of aliphatic hydroxyl groups is 1. The van der Waals surface area contributed by atoms with Gasteiger partial charge in [0.1, 0.15) is 17.7 Å². The van der Waals surface area contributed by atoms with Crippen LogP contribution in [-0.4, -0.2) is 12.2 Å². The molecule has 2 rings (SSSR count). The number of benzene rings is 2. The highest BCUT2D eigenvalue weighted by molar-refractivity contribution is 9.10. The second kappa shape index (κ2) is 6.43. The van der Waals surface area contributed by atoms with E-state index in [9.17, 15) is 9.50 Å². The molecule has 0 aromatic heterocycles. The molecule has 2 aromatic rings. The molecule has 1 atom stereocenters. The van der Waals surface area contributed by atoms with Gasteiger partial charge in [0.2, 0.25) is 0 Å². The van der Waals surface area contributed by atoms with Gasteiger partial charge in [-0.1, -0.05) is 33.6 Å². The van der Waals surface area contributed by atoms with Crippen LogP contribution in [0.15, 0.2) is 39.3 Å². The maximum absolute atomic E-state index is 13.1. The Labute approximate surface area is 137 Å². The van der Waals surface area contributed by atoms with Crippen LogP contribution in [0.3, 0.4) is 0 Å². The number of hydrogen-bond acceptors (Lipinski definition) is 2. The third kappa shape index (κ3) is 3.17. The maximum atomic E-state index is 13.1. The lowest BCUT2D eigenvalue weighted by Gasteiger charge is -2.18. The van der Waals surface area contributed by atoms with E-state index < -0.39 is 6.10 Å². The van der Waals surface area contributed by atoms with E-state index in [0.717, 1.165) is 0 Å². The number of ether oxygens (including phenoxy) is 1. The average Bonchev–Trinajstić information content (AvgIpc) is 2.37. The smallest absolute Gasteiger partial charge is 0.139 e. The lowest BCUT2D eigenvalue weighted by atomic mass is 10.0. The van der Waals surface area contributed by atoms with Gasteiger partial charge in [-0.05, 0) is 45.8 Å². The van der Waals surface area contributed by atoms with E-state index >= 15 is 0 Å². The van der Waals surface area contributed by atoms with E-state index in [1.165, 1.54) is 25.3 Å². The van der Waals surface area contributed by atoms with Crippen LogP contribution in [0.1, 0.15) is 17.2 Å². The second-order valence-corrected chi connectivity index (χ2v) is 6.22. The molecule has 1 unspecified atom stereocenters. The molecule has 0 heterocycles. The number of halogens is 4. The van der Waals surface area contributed by atoms with Crippen molar-refractivity contribution in [1.82, 2.24) is 0 Å². The fraction of sp³-hybridized carbons (Fsp3) is 0.143. The van der Waals surface area contributed by atoms with Crippen molar-refractivity contribution >= 4 is 43.5 Å². The van der Waals surface area contributed by atoms with Gasteiger partial charge in [-0.15, -0.1) is 0 Å². The molecule has 1 N–H and O–H groups in total. The highest BCUT2D eigenvalue weighted by atomic mass is 79.9. The van der Waals surface area contributed by atoms with Crippen molar-refractivity contribution in [3.05, 3.63) is 61.2 Å². The van der Waals surface area contributed by atoms with Crippen LogP contribution in [0, 0.1) is 5.82 Å². The van der Waals surface area contributed by atoms with E-state index in [0.29, 0.717) is 30.8 Å². The summed E-state index contributed by atoms with van der Waals surface area (Å²) >= 11 is 12.6. The number of aliphatic hydroxyl groups excluding tert-OH is 1. The lowest BCUT2D eigenvalue weighted by molar-refractivity contribution is 0.213. The van der Waals surface area contributed by atoms with E-state index in [1.807, 2.05) is 0 Å². The molecule has 0 amide bonds. The van der Waals surface area contributed by atoms with Crippen molar-refractivity contribution < 1.29 is 14.2 Å². The molecule has 0 saturated heterocycles. The zero-order valence-corrected chi connectivity index (χ0v) is 14.3. The SMILES string of the molecule is COc1c(Br)cc(Cl)cc1C(O)c1ccc(F)cc1Br. The van der Waals surface area contributed by atoms with E-state index in [4.69, 9.17) is 16.3 Å². The standard InChI is InChI=1S/C14H10Br2ClFO2/c1-20-14-10(4-7(17)5-12(14)16)13(19)9-3-2-8(18)6-11(9)15/h2-6,13,19H,1H3. The third-order valence-corrected chi connectivity index (χ3v) is 4.29. The van der Waals surface area contributed by atoms with Crippen LogP contribution < -0.4 is 4.74 Å². The fourth-order valence-electron chi connectivity index (χ4n) is 1.89. The Balaban J connectivity index is 2.55. The van der Waals surface area contributed by atoms with Crippen LogP contribution in [0.5, 0.6) is 5.75 Å². The van der Waals surface area contributed by atoms with Gasteiger partial charge < -0.3 is 9.84 Å². The first-order chi connectivity index (χ1) is 9.43. The van der Waals surface area contributed by atoms with Crippen LogP contribution in [-0.2, 0) is 0 Å². The maximum Gasteiger partial charge on any atom is 0.139 e. The van der Waals surface area contributed by atoms with Gasteiger partial charge in [-0.25, -0.2) is 4.39 Å². The summed E-state index contributed by atoms with van der Waals surface area (Å²) in [5.74, 6) is 0.102. The van der Waals surface area contributed by atoms with Crippen molar-refractivity contribution in [2.24, 2.45) is 0 Å². The molecule has 0 aliphatic carbocycles. The van der Waals surface area contributed by atoms with Crippen molar-refractivity contribution in [3.63, 3.8) is 0 Å². The summed E-state index contributed by atoms with van der Waals surface area (Å²) in [6.07, 6.45) is -0.991. The Morgan fingerprint density at radius 3 is 2.45 bits per heavy atom. The minimum atomic E-state index is -0.991. The van der Waals surface area contributed by atoms with Crippen LogP contribution in [0.25, 0.3) is 0 Å². The monoisotopic (exact) mass is 422 g/mol. The first-order valence-electron chi connectivity index (χ1n) is 5.60. The minimum absolute atomic E-state index is 0.382. The van der Waals surface area contributed by atoms with Crippen molar-refractivity contribution in [1.29, 1.82) is 0 Å². The lowest BCUT2D eigenvalue weighted by Crippen LogP contribution is -2.04. The molecule has 0 radical (unpaired) electrons. The van der Waals surface area contributed by atoms with Gasteiger partial charge in [0.05, 0.1) is 11.6 Å². The van der Waals surface area contributed by atoms with Crippen molar-refractivity contribution in [2.75, 3.05) is 7.11 Å². The van der Waals surface area contributed by atoms with Gasteiger partial charge in [0.15, 0.2) is 0 Å². The van der Waals surface area contributed by atoms with Gasteiger partial charge in [0, 0.05) is 15.1 Å². The molecule has 6 heteroatoms. The second-order valence-electron chi connectivity index (χ2n) is 4.08. The average molecular weight is 424 g/mol. The van der Waals surface area contributed by atoms with Gasteiger partial charge in [-0.3, -0.25) is 0 Å². The summed E-state index contributed by atoms with van der Waals surface area (Å²) in [5.41, 5.74) is 1.03. The highest BCUT2D eigenvalue weighted by Crippen LogP contribution is 2.39. The Kier molecular flexibility index (Phi) is 5.07. The molecule has 2 aromatic carbocycles. The summed E-state index contributed by atoms with van der Waals surface area (Å²) < 4.78 is 19.5. The van der Waals surface area contributed by atoms with Crippen LogP contribution >= 0.6 is 43.5 Å². The van der Waals surface area contributed by atoms with Gasteiger partial charge in [-0.2, -0.15) is 0 Å². The zero-order valence-electron chi connectivity index (χ0n) is 10.3. The normalized spacial score (nSPS) is 12.3.